The number of halogens is 1. The number of pyridine rings is 1. The Morgan fingerprint density at radius 3 is 2.31 bits per heavy atom. The molecule has 0 atom stereocenters. The molecule has 166 valence electrons. The second-order valence-corrected chi connectivity index (χ2v) is 10.6. The van der Waals surface area contributed by atoms with E-state index in [0.29, 0.717) is 11.5 Å². The zero-order valence-corrected chi connectivity index (χ0v) is 20.3. The van der Waals surface area contributed by atoms with Gasteiger partial charge < -0.3 is 10.2 Å². The molecule has 0 amide bonds. The summed E-state index contributed by atoms with van der Waals surface area (Å²) in [4.78, 5) is 26.4. The molecular weight excluding hydrogens is 510 g/mol. The molecule has 8 heteroatoms. The zero-order valence-electron chi connectivity index (χ0n) is 17.1. The summed E-state index contributed by atoms with van der Waals surface area (Å²) in [5.74, 6) is -0.732. The minimum absolute atomic E-state index is 0.0294. The Labute approximate surface area is 203 Å². The highest BCUT2D eigenvalue weighted by Crippen LogP contribution is 2.40. The maximum atomic E-state index is 10.9. The van der Waals surface area contributed by atoms with Gasteiger partial charge in [-0.25, -0.2) is 4.98 Å². The van der Waals surface area contributed by atoms with Crippen molar-refractivity contribution in [1.29, 1.82) is 0 Å². The smallest absolute Gasteiger partial charge is 0.304 e. The maximum absolute atomic E-state index is 10.9. The Hall–Kier alpha value is -2.29. The van der Waals surface area contributed by atoms with Crippen molar-refractivity contribution in [2.75, 3.05) is 11.5 Å². The van der Waals surface area contributed by atoms with Crippen LogP contribution < -0.4 is 0 Å². The number of carbonyl (C=O) groups is 2. The highest BCUT2D eigenvalue weighted by Gasteiger charge is 2.14. The van der Waals surface area contributed by atoms with E-state index in [9.17, 15) is 9.59 Å². The predicted molar refractivity (Wildman–Crippen MR) is 137 cm³/mol. The number of benzene rings is 2. The molecular formula is C24H22BrNO4S2. The van der Waals surface area contributed by atoms with E-state index >= 15 is 0 Å². The number of hydrogen-bond donors (Lipinski definition) is 2. The fraction of sp³-hybridized carbons (Fsp3) is 0.208. The first-order chi connectivity index (χ1) is 15.4. The minimum Gasteiger partial charge on any atom is -0.481 e. The molecule has 5 nitrogen and oxygen atoms in total. The number of carboxylic acids is 2. The van der Waals surface area contributed by atoms with Gasteiger partial charge in [-0.1, -0.05) is 52.3 Å². The van der Waals surface area contributed by atoms with Gasteiger partial charge in [0.1, 0.15) is 0 Å². The van der Waals surface area contributed by atoms with Crippen molar-refractivity contribution in [2.24, 2.45) is 0 Å². The Morgan fingerprint density at radius 2 is 1.62 bits per heavy atom. The van der Waals surface area contributed by atoms with Crippen LogP contribution in [0, 0.1) is 0 Å². The van der Waals surface area contributed by atoms with E-state index < -0.39 is 11.9 Å². The number of fused-ring (bicyclic) bond motifs is 1. The molecule has 1 aromatic heterocycles. The third-order valence-corrected chi connectivity index (χ3v) is 7.81. The van der Waals surface area contributed by atoms with Gasteiger partial charge in [0.05, 0.1) is 28.6 Å². The lowest BCUT2D eigenvalue weighted by atomic mass is 10.1. The van der Waals surface area contributed by atoms with Gasteiger partial charge in [0.25, 0.3) is 0 Å². The molecule has 0 unspecified atom stereocenters. The predicted octanol–water partition coefficient (Wildman–Crippen LogP) is 6.58. The largest absolute Gasteiger partial charge is 0.481 e. The Bertz CT molecular complexity index is 1120. The van der Waals surface area contributed by atoms with E-state index in [-0.39, 0.29) is 17.4 Å². The Kier molecular flexibility index (Phi) is 9.20. The molecule has 32 heavy (non-hydrogen) atoms. The summed E-state index contributed by atoms with van der Waals surface area (Å²) in [7, 11) is 0. The number of carboxylic acid groups (broad SMARTS) is 2. The molecule has 2 aromatic carbocycles. The van der Waals surface area contributed by atoms with Crippen molar-refractivity contribution in [3.63, 3.8) is 0 Å². The molecule has 0 radical (unpaired) electrons. The van der Waals surface area contributed by atoms with Gasteiger partial charge in [-0.3, -0.25) is 9.59 Å². The third-order valence-electron chi connectivity index (χ3n) is 4.48. The molecule has 3 aromatic rings. The minimum atomic E-state index is -0.835. The number of rotatable bonds is 11. The van der Waals surface area contributed by atoms with Gasteiger partial charge in [-0.2, -0.15) is 0 Å². The molecule has 0 aliphatic heterocycles. The van der Waals surface area contributed by atoms with Crippen LogP contribution >= 0.6 is 39.5 Å². The van der Waals surface area contributed by atoms with Crippen LogP contribution in [0.3, 0.4) is 0 Å². The number of aliphatic carboxylic acids is 2. The number of aromatic nitrogens is 1. The summed E-state index contributed by atoms with van der Waals surface area (Å²) < 4.78 is 0.955. The molecule has 0 saturated heterocycles. The van der Waals surface area contributed by atoms with Gasteiger partial charge in [0.15, 0.2) is 0 Å². The van der Waals surface area contributed by atoms with Gasteiger partial charge in [-0.05, 0) is 41.5 Å². The number of hydrogen-bond acceptors (Lipinski definition) is 5. The van der Waals surface area contributed by atoms with Crippen LogP contribution in [0.1, 0.15) is 34.2 Å². The standard InChI is InChI=1S/C24H22BrNO4S2/c25-19-7-5-17-6-9-20(26-21(17)15-19)8-4-16-2-1-3-18(14-16)24(31-12-10-22(27)28)32-13-11-23(29)30/h1-9,14-15,24H,10-13H2,(H,27,28)(H,29,30). The molecule has 2 N–H and O–H groups in total. The lowest BCUT2D eigenvalue weighted by Crippen LogP contribution is -2.01. The monoisotopic (exact) mass is 531 g/mol. The summed E-state index contributed by atoms with van der Waals surface area (Å²) in [5, 5.41) is 18.9. The van der Waals surface area contributed by atoms with E-state index in [1.165, 1.54) is 23.5 Å². The van der Waals surface area contributed by atoms with Crippen LogP contribution in [0.25, 0.3) is 23.1 Å². The fourth-order valence-electron chi connectivity index (χ4n) is 2.94. The number of nitrogens with zero attached hydrogens (tertiary/aromatic N) is 1. The maximum Gasteiger partial charge on any atom is 0.304 e. The molecule has 0 spiro atoms. The summed E-state index contributed by atoms with van der Waals surface area (Å²) in [6.07, 6.45) is 4.11. The third kappa shape index (κ3) is 7.69. The van der Waals surface area contributed by atoms with Crippen molar-refractivity contribution in [1.82, 2.24) is 4.98 Å². The summed E-state index contributed by atoms with van der Waals surface area (Å²) in [6, 6.07) is 18.0. The second-order valence-electron chi connectivity index (χ2n) is 6.94. The van der Waals surface area contributed by atoms with Crippen LogP contribution in [0.4, 0.5) is 0 Å². The van der Waals surface area contributed by atoms with Crippen molar-refractivity contribution in [3.05, 3.63) is 75.9 Å². The van der Waals surface area contributed by atoms with E-state index in [2.05, 4.69) is 27.0 Å². The molecule has 0 aliphatic rings. The van der Waals surface area contributed by atoms with Gasteiger partial charge in [0, 0.05) is 21.4 Å². The summed E-state index contributed by atoms with van der Waals surface area (Å²) in [6.45, 7) is 0. The Morgan fingerprint density at radius 1 is 0.938 bits per heavy atom. The zero-order chi connectivity index (χ0) is 22.9. The topological polar surface area (TPSA) is 87.5 Å². The average Bonchev–Trinajstić information content (AvgIpc) is 2.76. The van der Waals surface area contributed by atoms with Crippen molar-refractivity contribution in [2.45, 2.75) is 17.4 Å². The highest BCUT2D eigenvalue weighted by molar-refractivity contribution is 9.10. The Balaban J connectivity index is 1.75. The van der Waals surface area contributed by atoms with Crippen molar-refractivity contribution >= 4 is 74.4 Å². The van der Waals surface area contributed by atoms with E-state index in [4.69, 9.17) is 10.2 Å². The quantitative estimate of drug-likeness (QED) is 0.270. The lowest BCUT2D eigenvalue weighted by Gasteiger charge is -2.16. The molecule has 3 rings (SSSR count). The fourth-order valence-corrected chi connectivity index (χ4v) is 5.94. The summed E-state index contributed by atoms with van der Waals surface area (Å²) >= 11 is 6.54. The van der Waals surface area contributed by atoms with Gasteiger partial charge in [-0.15, -0.1) is 23.5 Å². The summed E-state index contributed by atoms with van der Waals surface area (Å²) in [5.41, 5.74) is 3.80. The van der Waals surface area contributed by atoms with Gasteiger partial charge >= 0.3 is 11.9 Å². The average molecular weight is 532 g/mol. The van der Waals surface area contributed by atoms with Crippen LogP contribution in [0.15, 0.2) is 59.1 Å². The lowest BCUT2D eigenvalue weighted by molar-refractivity contribution is -0.137. The first kappa shape index (κ1) is 24.4. The molecule has 1 heterocycles. The van der Waals surface area contributed by atoms with E-state index in [1.807, 2.05) is 60.7 Å². The van der Waals surface area contributed by atoms with Crippen LogP contribution in [0.2, 0.25) is 0 Å². The molecule has 0 aliphatic carbocycles. The molecule has 0 fully saturated rings. The van der Waals surface area contributed by atoms with Crippen LogP contribution in [-0.2, 0) is 9.59 Å². The molecule has 0 bridgehead atoms. The SMILES string of the molecule is O=C(O)CCSC(SCCC(=O)O)c1cccc(C=Cc2ccc3ccc(Br)cc3n2)c1. The van der Waals surface area contributed by atoms with Crippen molar-refractivity contribution in [3.8, 4) is 0 Å². The molecule has 0 saturated carbocycles. The first-order valence-electron chi connectivity index (χ1n) is 9.92. The van der Waals surface area contributed by atoms with Crippen LogP contribution in [-0.4, -0.2) is 38.6 Å². The second kappa shape index (κ2) is 12.1. The first-order valence-corrected chi connectivity index (χ1v) is 12.8. The van der Waals surface area contributed by atoms with Gasteiger partial charge in [0.2, 0.25) is 0 Å². The van der Waals surface area contributed by atoms with E-state index in [1.54, 1.807) is 0 Å². The van der Waals surface area contributed by atoms with E-state index in [0.717, 1.165) is 32.2 Å². The highest BCUT2D eigenvalue weighted by atomic mass is 79.9. The number of thioether (sulfide) groups is 2. The van der Waals surface area contributed by atoms with Crippen molar-refractivity contribution < 1.29 is 19.8 Å². The normalized spacial score (nSPS) is 11.4. The van der Waals surface area contributed by atoms with Crippen LogP contribution in [0.5, 0.6) is 0 Å².